The molecule has 0 unspecified atom stereocenters. The topological polar surface area (TPSA) is 65.4 Å². The molecule has 0 spiro atoms. The zero-order valence-electron chi connectivity index (χ0n) is 7.70. The molecule has 0 bridgehead atoms. The molecule has 0 aromatic carbocycles. The highest BCUT2D eigenvalue weighted by Gasteiger charge is 2.13. The summed E-state index contributed by atoms with van der Waals surface area (Å²) in [7, 11) is 0. The van der Waals surface area contributed by atoms with E-state index in [0.29, 0.717) is 0 Å². The predicted octanol–water partition coefficient (Wildman–Crippen LogP) is 1.21. The monoisotopic (exact) mass is 174 g/mol. The largest absolute Gasteiger partial charge is 0.226 e. The summed E-state index contributed by atoms with van der Waals surface area (Å²) < 4.78 is 1.30. The Morgan fingerprint density at radius 2 is 2.00 bits per heavy atom. The lowest BCUT2D eigenvalue weighted by Crippen LogP contribution is -1.98. The van der Waals surface area contributed by atoms with Gasteiger partial charge in [-0.2, -0.15) is 10.5 Å². The van der Waals surface area contributed by atoms with Gasteiger partial charge in [0.25, 0.3) is 0 Å². The molecule has 0 N–H and O–H groups in total. The molecule has 0 saturated carbocycles. The molecule has 1 aromatic rings. The van der Waals surface area contributed by atoms with Crippen LogP contribution in [0.3, 0.4) is 0 Å². The highest BCUT2D eigenvalue weighted by atomic mass is 15.1. The molecule has 0 aliphatic heterocycles. The van der Waals surface area contributed by atoms with E-state index in [-0.39, 0.29) is 5.82 Å². The SMILES string of the molecule is CCc1nc(C#N)n(C#N)c1CC. The van der Waals surface area contributed by atoms with Crippen LogP contribution in [0.1, 0.15) is 31.1 Å². The first-order valence-electron chi connectivity index (χ1n) is 4.19. The van der Waals surface area contributed by atoms with E-state index in [2.05, 4.69) is 4.98 Å². The van der Waals surface area contributed by atoms with Gasteiger partial charge in [-0.3, -0.25) is 0 Å². The lowest BCUT2D eigenvalue weighted by Gasteiger charge is -1.96. The van der Waals surface area contributed by atoms with Crippen LogP contribution >= 0.6 is 0 Å². The van der Waals surface area contributed by atoms with E-state index in [1.165, 1.54) is 4.57 Å². The quantitative estimate of drug-likeness (QED) is 0.676. The summed E-state index contributed by atoms with van der Waals surface area (Å²) in [6, 6.07) is 1.91. The molecule has 13 heavy (non-hydrogen) atoms. The van der Waals surface area contributed by atoms with Crippen LogP contribution in [-0.2, 0) is 12.8 Å². The molecule has 0 saturated heterocycles. The van der Waals surface area contributed by atoms with Crippen molar-refractivity contribution in [3.63, 3.8) is 0 Å². The molecule has 0 atom stereocenters. The molecule has 1 aromatic heterocycles. The van der Waals surface area contributed by atoms with Crippen LogP contribution in [-0.4, -0.2) is 9.55 Å². The Bertz CT molecular complexity index is 389. The Kier molecular flexibility index (Phi) is 2.66. The molecule has 0 aliphatic rings. The Hall–Kier alpha value is -1.81. The van der Waals surface area contributed by atoms with Crippen molar-refractivity contribution in [2.24, 2.45) is 0 Å². The lowest BCUT2D eigenvalue weighted by atomic mass is 10.2. The van der Waals surface area contributed by atoms with Crippen LogP contribution in [0.4, 0.5) is 0 Å². The van der Waals surface area contributed by atoms with E-state index >= 15 is 0 Å². The van der Waals surface area contributed by atoms with Crippen molar-refractivity contribution < 1.29 is 0 Å². The maximum Gasteiger partial charge on any atom is 0.226 e. The van der Waals surface area contributed by atoms with Crippen LogP contribution in [0, 0.1) is 22.8 Å². The lowest BCUT2D eigenvalue weighted by molar-refractivity contribution is 0.912. The minimum absolute atomic E-state index is 0.191. The predicted molar refractivity (Wildman–Crippen MR) is 46.7 cm³/mol. The van der Waals surface area contributed by atoms with Crippen molar-refractivity contribution in [1.82, 2.24) is 9.55 Å². The third-order valence-corrected chi connectivity index (χ3v) is 1.93. The number of hydrogen-bond donors (Lipinski definition) is 0. The van der Waals surface area contributed by atoms with Gasteiger partial charge in [-0.1, -0.05) is 13.8 Å². The first-order chi connectivity index (χ1) is 6.28. The third kappa shape index (κ3) is 1.39. The van der Waals surface area contributed by atoms with E-state index in [1.807, 2.05) is 26.1 Å². The molecule has 1 heterocycles. The minimum atomic E-state index is 0.191. The number of nitrogens with zero attached hydrogens (tertiary/aromatic N) is 4. The molecule has 4 nitrogen and oxygen atoms in total. The number of aromatic nitrogens is 2. The molecule has 0 radical (unpaired) electrons. The fraction of sp³-hybridized carbons (Fsp3) is 0.444. The van der Waals surface area contributed by atoms with E-state index in [1.54, 1.807) is 0 Å². The average molecular weight is 174 g/mol. The van der Waals surface area contributed by atoms with Gasteiger partial charge in [-0.25, -0.2) is 9.55 Å². The Morgan fingerprint density at radius 3 is 2.38 bits per heavy atom. The number of imidazole rings is 1. The van der Waals surface area contributed by atoms with E-state index < -0.39 is 0 Å². The zero-order chi connectivity index (χ0) is 9.84. The second-order valence-electron chi connectivity index (χ2n) is 2.58. The summed E-state index contributed by atoms with van der Waals surface area (Å²) >= 11 is 0. The normalized spacial score (nSPS) is 9.23. The molecule has 0 fully saturated rings. The van der Waals surface area contributed by atoms with Gasteiger partial charge in [-0.15, -0.1) is 0 Å². The summed E-state index contributed by atoms with van der Waals surface area (Å²) in [4.78, 5) is 4.07. The smallest absolute Gasteiger partial charge is 0.224 e. The van der Waals surface area contributed by atoms with Crippen molar-refractivity contribution in [3.8, 4) is 12.3 Å². The number of nitriles is 2. The Morgan fingerprint density at radius 1 is 1.31 bits per heavy atom. The van der Waals surface area contributed by atoms with Gasteiger partial charge in [0.1, 0.15) is 6.07 Å². The number of rotatable bonds is 2. The van der Waals surface area contributed by atoms with Crippen molar-refractivity contribution in [2.45, 2.75) is 26.7 Å². The summed E-state index contributed by atoms with van der Waals surface area (Å²) in [5.74, 6) is 0.191. The molecule has 0 aliphatic carbocycles. The fourth-order valence-corrected chi connectivity index (χ4v) is 1.33. The Labute approximate surface area is 77.0 Å². The highest BCUT2D eigenvalue weighted by Crippen LogP contribution is 2.11. The maximum atomic E-state index is 8.79. The second-order valence-corrected chi connectivity index (χ2v) is 2.58. The first kappa shape index (κ1) is 9.28. The third-order valence-electron chi connectivity index (χ3n) is 1.93. The number of aryl methyl sites for hydroxylation is 1. The highest BCUT2D eigenvalue weighted by molar-refractivity contribution is 5.27. The zero-order valence-corrected chi connectivity index (χ0v) is 7.70. The molecular weight excluding hydrogens is 164 g/mol. The van der Waals surface area contributed by atoms with Gasteiger partial charge < -0.3 is 0 Å². The minimum Gasteiger partial charge on any atom is -0.224 e. The average Bonchev–Trinajstić information content (AvgIpc) is 2.54. The molecule has 0 amide bonds. The van der Waals surface area contributed by atoms with Gasteiger partial charge in [0, 0.05) is 0 Å². The Balaban J connectivity index is 3.38. The maximum absolute atomic E-state index is 8.79. The second kappa shape index (κ2) is 3.73. The standard InChI is InChI=1S/C9H10N4/c1-3-7-8(4-2)13(6-11)9(5-10)12-7/h3-4H2,1-2H3. The molecule has 1 rings (SSSR count). The van der Waals surface area contributed by atoms with Crippen molar-refractivity contribution >= 4 is 0 Å². The van der Waals surface area contributed by atoms with Gasteiger partial charge in [0.05, 0.1) is 11.4 Å². The molecule has 4 heteroatoms. The van der Waals surface area contributed by atoms with E-state index in [0.717, 1.165) is 24.2 Å². The van der Waals surface area contributed by atoms with Crippen LogP contribution < -0.4 is 0 Å². The van der Waals surface area contributed by atoms with Crippen LogP contribution in [0.5, 0.6) is 0 Å². The summed E-state index contributed by atoms with van der Waals surface area (Å²) in [6.07, 6.45) is 3.44. The molecular formula is C9H10N4. The first-order valence-corrected chi connectivity index (χ1v) is 4.19. The summed E-state index contributed by atoms with van der Waals surface area (Å²) in [5, 5.41) is 17.5. The fourth-order valence-electron chi connectivity index (χ4n) is 1.33. The van der Waals surface area contributed by atoms with Gasteiger partial charge in [0.15, 0.2) is 6.19 Å². The summed E-state index contributed by atoms with van der Waals surface area (Å²) in [5.41, 5.74) is 1.70. The van der Waals surface area contributed by atoms with Crippen LogP contribution in [0.25, 0.3) is 0 Å². The van der Waals surface area contributed by atoms with Crippen LogP contribution in [0.15, 0.2) is 0 Å². The van der Waals surface area contributed by atoms with Crippen molar-refractivity contribution in [2.75, 3.05) is 0 Å². The van der Waals surface area contributed by atoms with Gasteiger partial charge in [-0.05, 0) is 12.8 Å². The van der Waals surface area contributed by atoms with Crippen molar-refractivity contribution in [1.29, 1.82) is 10.5 Å². The van der Waals surface area contributed by atoms with Gasteiger partial charge >= 0.3 is 0 Å². The molecule has 66 valence electrons. The van der Waals surface area contributed by atoms with E-state index in [9.17, 15) is 0 Å². The van der Waals surface area contributed by atoms with Gasteiger partial charge in [0.2, 0.25) is 5.82 Å². The summed E-state index contributed by atoms with van der Waals surface area (Å²) in [6.45, 7) is 3.91. The number of hydrogen-bond acceptors (Lipinski definition) is 3. The van der Waals surface area contributed by atoms with Crippen LogP contribution in [0.2, 0.25) is 0 Å². The van der Waals surface area contributed by atoms with Crippen molar-refractivity contribution in [3.05, 3.63) is 17.2 Å². The van der Waals surface area contributed by atoms with E-state index in [4.69, 9.17) is 10.5 Å².